The second-order valence-corrected chi connectivity index (χ2v) is 11.8. The lowest BCUT2D eigenvalue weighted by Gasteiger charge is -2.42. The highest BCUT2D eigenvalue weighted by Crippen LogP contribution is 2.52. The Balaban J connectivity index is 1.62. The summed E-state index contributed by atoms with van der Waals surface area (Å²) in [5, 5.41) is 47.5. The van der Waals surface area contributed by atoms with Crippen molar-refractivity contribution in [3.05, 3.63) is 51.6 Å². The number of aliphatic hydroxyl groups is 2. The lowest BCUT2D eigenvalue weighted by molar-refractivity contribution is -0.249. The molecule has 1 heterocycles. The average molecular weight is 606 g/mol. The zero-order valence-corrected chi connectivity index (χ0v) is 23.8. The van der Waals surface area contributed by atoms with Gasteiger partial charge in [-0.25, -0.2) is 8.42 Å². The molecule has 0 amide bonds. The molecule has 1 saturated heterocycles. The van der Waals surface area contributed by atoms with Crippen LogP contribution < -0.4 is 10.1 Å². The molecule has 5 N–H and O–H groups in total. The quantitative estimate of drug-likeness (QED) is 0.158. The molecule has 3 aliphatic rings. The molecule has 0 saturated carbocycles. The smallest absolute Gasteiger partial charge is 0.202 e. The molecule has 1 aliphatic heterocycles. The lowest BCUT2D eigenvalue weighted by Crippen LogP contribution is -2.54. The van der Waals surface area contributed by atoms with Crippen molar-refractivity contribution < 1.29 is 57.4 Å². The number of Topliss-reactive ketones (excluding diaryl/α,β-unsaturated/α-hetero) is 1. The largest absolute Gasteiger partial charge is 0.507 e. The third-order valence-electron chi connectivity index (χ3n) is 8.24. The van der Waals surface area contributed by atoms with Crippen molar-refractivity contribution in [3.63, 3.8) is 0 Å². The minimum absolute atomic E-state index is 0.0477. The predicted octanol–water partition coefficient (Wildman–Crippen LogP) is 0.229. The van der Waals surface area contributed by atoms with Gasteiger partial charge in [0.15, 0.2) is 28.6 Å². The molecule has 2 aromatic carbocycles. The molecule has 0 bridgehead atoms. The topological polar surface area (TPSA) is 206 Å². The zero-order valence-electron chi connectivity index (χ0n) is 22.9. The van der Waals surface area contributed by atoms with Gasteiger partial charge >= 0.3 is 0 Å². The second-order valence-electron chi connectivity index (χ2n) is 10.8. The molecular weight excluding hydrogens is 574 g/mol. The molecule has 6 atom stereocenters. The number of ether oxygens (including phenoxy) is 3. The van der Waals surface area contributed by atoms with Gasteiger partial charge in [-0.15, -0.1) is 0 Å². The number of phenolic OH excluding ortho intramolecular Hbond substituents is 2. The number of methoxy groups -OCH3 is 1. The Labute approximate surface area is 242 Å². The van der Waals surface area contributed by atoms with Gasteiger partial charge in [0.25, 0.3) is 0 Å². The van der Waals surface area contributed by atoms with Crippen LogP contribution in [0.15, 0.2) is 18.2 Å². The Kier molecular flexibility index (Phi) is 7.89. The third-order valence-corrected chi connectivity index (χ3v) is 8.68. The second kappa shape index (κ2) is 11.0. The van der Waals surface area contributed by atoms with Crippen LogP contribution in [0.4, 0.5) is 0 Å². The van der Waals surface area contributed by atoms with Gasteiger partial charge < -0.3 is 34.6 Å². The maximum absolute atomic E-state index is 13.7. The monoisotopic (exact) mass is 605 g/mol. The molecule has 4 unspecified atom stereocenters. The van der Waals surface area contributed by atoms with E-state index >= 15 is 0 Å². The molecule has 14 heteroatoms. The average Bonchev–Trinajstić information content (AvgIpc) is 2.93. The van der Waals surface area contributed by atoms with Crippen molar-refractivity contribution >= 4 is 28.1 Å². The summed E-state index contributed by atoms with van der Waals surface area (Å²) in [5.74, 6) is -3.85. The highest BCUT2D eigenvalue weighted by atomic mass is 32.2. The van der Waals surface area contributed by atoms with Crippen LogP contribution in [0, 0.1) is 0 Å². The van der Waals surface area contributed by atoms with Crippen molar-refractivity contribution in [2.45, 2.75) is 69.4 Å². The van der Waals surface area contributed by atoms with E-state index in [0.717, 1.165) is 6.92 Å². The highest BCUT2D eigenvalue weighted by Gasteiger charge is 2.49. The van der Waals surface area contributed by atoms with Crippen LogP contribution >= 0.6 is 0 Å². The van der Waals surface area contributed by atoms with Gasteiger partial charge in [-0.05, 0) is 19.9 Å². The number of phenols is 2. The molecular formula is C28H31NO12S. The Hall–Kier alpha value is -3.40. The molecule has 42 heavy (non-hydrogen) atoms. The maximum Gasteiger partial charge on any atom is 0.202 e. The van der Waals surface area contributed by atoms with Gasteiger partial charge in [0, 0.05) is 42.0 Å². The Morgan fingerprint density at radius 3 is 2.48 bits per heavy atom. The van der Waals surface area contributed by atoms with Gasteiger partial charge in [-0.2, -0.15) is 0 Å². The minimum atomic E-state index is -2.79. The number of benzene rings is 2. The van der Waals surface area contributed by atoms with Crippen LogP contribution in [0.5, 0.6) is 17.2 Å². The van der Waals surface area contributed by atoms with Gasteiger partial charge in [0.2, 0.25) is 5.78 Å². The van der Waals surface area contributed by atoms with E-state index in [2.05, 4.69) is 5.32 Å². The summed E-state index contributed by atoms with van der Waals surface area (Å²) >= 11 is 0. The number of hydrogen-bond donors (Lipinski definition) is 6. The van der Waals surface area contributed by atoms with Crippen molar-refractivity contribution in [1.29, 1.82) is 0 Å². The van der Waals surface area contributed by atoms with Crippen molar-refractivity contribution in [3.8, 4) is 17.2 Å². The summed E-state index contributed by atoms with van der Waals surface area (Å²) in [6, 6.07) is 3.60. The molecule has 13 nitrogen and oxygen atoms in total. The third kappa shape index (κ3) is 4.87. The maximum atomic E-state index is 13.7. The molecule has 2 aliphatic carbocycles. The number of rotatable bonds is 7. The number of hydrogen-bond acceptors (Lipinski definition) is 13. The molecule has 2 aromatic rings. The van der Waals surface area contributed by atoms with Crippen LogP contribution in [0.1, 0.15) is 75.8 Å². The van der Waals surface area contributed by atoms with Crippen molar-refractivity contribution in [2.24, 2.45) is 0 Å². The Bertz CT molecular complexity index is 1560. The SMILES string of the molecule is COc1cccc2c1C(=O)c1c(O)c3c(c(O)c1C2=O)C[C@@](O)(C(C)=O)C[C@@H]3OC1CC(NC[SH](=O)=O)C(O)C(C)O1. The molecule has 0 spiro atoms. The van der Waals surface area contributed by atoms with E-state index in [-0.39, 0.29) is 34.4 Å². The number of carbonyl (C=O) groups is 3. The fraction of sp³-hybridized carbons (Fsp3) is 0.464. The molecule has 0 radical (unpaired) electrons. The number of aromatic hydroxyl groups is 2. The van der Waals surface area contributed by atoms with Gasteiger partial charge in [0.1, 0.15) is 22.8 Å². The van der Waals surface area contributed by atoms with Crippen molar-refractivity contribution in [1.82, 2.24) is 5.32 Å². The first kappa shape index (κ1) is 30.1. The van der Waals surface area contributed by atoms with E-state index in [1.54, 1.807) is 6.92 Å². The number of carbonyl (C=O) groups excluding carboxylic acids is 3. The van der Waals surface area contributed by atoms with E-state index in [1.165, 1.54) is 25.3 Å². The molecule has 5 rings (SSSR count). The summed E-state index contributed by atoms with van der Waals surface area (Å²) in [7, 11) is -1.47. The first-order valence-electron chi connectivity index (χ1n) is 13.2. The first-order valence-corrected chi connectivity index (χ1v) is 14.6. The number of ketones is 3. The fourth-order valence-corrected chi connectivity index (χ4v) is 6.40. The Morgan fingerprint density at radius 1 is 1.14 bits per heavy atom. The molecule has 0 aromatic heterocycles. The van der Waals surface area contributed by atoms with E-state index in [1.807, 2.05) is 0 Å². The molecule has 1 fully saturated rings. The van der Waals surface area contributed by atoms with Gasteiger partial charge in [-0.3, -0.25) is 19.7 Å². The van der Waals surface area contributed by atoms with E-state index in [4.69, 9.17) is 14.2 Å². The summed E-state index contributed by atoms with van der Waals surface area (Å²) < 4.78 is 39.4. The van der Waals surface area contributed by atoms with Crippen molar-refractivity contribution in [2.75, 3.05) is 13.0 Å². The van der Waals surface area contributed by atoms with Crippen LogP contribution in [-0.2, 0) is 31.4 Å². The minimum Gasteiger partial charge on any atom is -0.507 e. The Morgan fingerprint density at radius 2 is 1.83 bits per heavy atom. The van der Waals surface area contributed by atoms with Crippen LogP contribution in [-0.4, -0.2) is 89.3 Å². The van der Waals surface area contributed by atoms with Crippen LogP contribution in [0.25, 0.3) is 0 Å². The number of thiol groups is 1. The summed E-state index contributed by atoms with van der Waals surface area (Å²) in [5.41, 5.74) is -3.40. The zero-order chi connectivity index (χ0) is 30.7. The van der Waals surface area contributed by atoms with E-state index in [0.29, 0.717) is 0 Å². The van der Waals surface area contributed by atoms with Gasteiger partial charge in [-0.1, -0.05) is 12.1 Å². The van der Waals surface area contributed by atoms with Crippen LogP contribution in [0.3, 0.4) is 0 Å². The molecule has 226 valence electrons. The van der Waals surface area contributed by atoms with Crippen LogP contribution in [0.2, 0.25) is 0 Å². The number of aliphatic hydroxyl groups excluding tert-OH is 1. The van der Waals surface area contributed by atoms with E-state index in [9.17, 15) is 43.2 Å². The number of nitrogens with one attached hydrogen (secondary N) is 1. The summed E-state index contributed by atoms with van der Waals surface area (Å²) in [4.78, 5) is 39.9. The highest BCUT2D eigenvalue weighted by molar-refractivity contribution is 7.72. The normalized spacial score (nSPS) is 28.7. The summed E-state index contributed by atoms with van der Waals surface area (Å²) in [6.07, 6.45) is -5.30. The van der Waals surface area contributed by atoms with E-state index < -0.39 is 106 Å². The number of fused-ring (bicyclic) bond motifs is 3. The fourth-order valence-electron chi connectivity index (χ4n) is 6.02. The predicted molar refractivity (Wildman–Crippen MR) is 144 cm³/mol. The standard InChI is InChI=1S/C28H31NO12S/c1-11-23(31)15(29-10-42(37)38)7-18(40-11)41-17-9-28(36,12(2)30)8-14-20(17)27(35)22-21(25(14)33)24(32)13-5-4-6-16(39-3)19(13)26(22)34/h4-6,11,15,17-18,23,29,31,33,35-36,42H,7-10H2,1-3H3/t11?,15?,17-,18?,23?,28-/m0/s1. The lowest BCUT2D eigenvalue weighted by atomic mass is 9.72. The van der Waals surface area contributed by atoms with Gasteiger partial charge in [0.05, 0.1) is 48.0 Å². The summed E-state index contributed by atoms with van der Waals surface area (Å²) in [6.45, 7) is 2.69. The first-order chi connectivity index (χ1) is 19.8.